The number of amides is 2. The lowest BCUT2D eigenvalue weighted by Gasteiger charge is -2.30. The summed E-state index contributed by atoms with van der Waals surface area (Å²) in [5.41, 5.74) is 3.35. The SMILES string of the molecule is CCS(=O)(=O)N1CCCc2cc(NC(=O)NCc3cccc4ccccc34)ccc21. The lowest BCUT2D eigenvalue weighted by molar-refractivity contribution is 0.252. The zero-order valence-corrected chi connectivity index (χ0v) is 17.7. The number of sulfonamides is 1. The average molecular weight is 424 g/mol. The summed E-state index contributed by atoms with van der Waals surface area (Å²) >= 11 is 0. The van der Waals surface area contributed by atoms with Gasteiger partial charge in [-0.05, 0) is 59.9 Å². The highest BCUT2D eigenvalue weighted by molar-refractivity contribution is 7.92. The highest BCUT2D eigenvalue weighted by atomic mass is 32.2. The van der Waals surface area contributed by atoms with Gasteiger partial charge in [-0.25, -0.2) is 13.2 Å². The Balaban J connectivity index is 1.45. The maximum Gasteiger partial charge on any atom is 0.319 e. The summed E-state index contributed by atoms with van der Waals surface area (Å²) in [6.07, 6.45) is 1.56. The van der Waals surface area contributed by atoms with Crippen molar-refractivity contribution in [2.24, 2.45) is 0 Å². The molecular weight excluding hydrogens is 398 g/mol. The fourth-order valence-corrected chi connectivity index (χ4v) is 5.08. The highest BCUT2D eigenvalue weighted by Crippen LogP contribution is 2.31. The molecule has 7 heteroatoms. The van der Waals surface area contributed by atoms with Crippen LogP contribution in [0.5, 0.6) is 0 Å². The van der Waals surface area contributed by atoms with Gasteiger partial charge in [0.05, 0.1) is 11.4 Å². The average Bonchev–Trinajstić information content (AvgIpc) is 2.77. The second-order valence-corrected chi connectivity index (χ2v) is 9.55. The molecular formula is C23H25N3O3S. The standard InChI is InChI=1S/C23H25N3O3S/c1-2-30(28,29)26-14-6-10-18-15-20(12-13-22(18)26)25-23(27)24-16-19-9-5-8-17-7-3-4-11-21(17)19/h3-5,7-9,11-13,15H,2,6,10,14,16H2,1H3,(H2,24,25,27). The third-order valence-corrected chi connectivity index (χ3v) is 7.21. The molecule has 1 heterocycles. The zero-order valence-electron chi connectivity index (χ0n) is 16.9. The van der Waals surface area contributed by atoms with E-state index in [1.54, 1.807) is 19.1 Å². The van der Waals surface area contributed by atoms with Gasteiger partial charge in [-0.2, -0.15) is 0 Å². The molecule has 3 aromatic carbocycles. The van der Waals surface area contributed by atoms with E-state index in [4.69, 9.17) is 0 Å². The van der Waals surface area contributed by atoms with E-state index in [1.807, 2.05) is 48.5 Å². The molecule has 0 bridgehead atoms. The number of fused-ring (bicyclic) bond motifs is 2. The van der Waals surface area contributed by atoms with Crippen molar-refractivity contribution in [1.29, 1.82) is 0 Å². The Morgan fingerprint density at radius 2 is 1.87 bits per heavy atom. The molecule has 0 saturated heterocycles. The molecule has 0 saturated carbocycles. The van der Waals surface area contributed by atoms with E-state index in [0.717, 1.165) is 34.7 Å². The van der Waals surface area contributed by atoms with Crippen molar-refractivity contribution in [3.05, 3.63) is 71.8 Å². The first kappa shape index (κ1) is 20.2. The number of carbonyl (C=O) groups is 1. The predicted octanol–water partition coefficient (Wildman–Crippen LogP) is 4.26. The molecule has 2 amide bonds. The first-order valence-electron chi connectivity index (χ1n) is 10.1. The molecule has 30 heavy (non-hydrogen) atoms. The van der Waals surface area contributed by atoms with E-state index in [-0.39, 0.29) is 11.8 Å². The lowest BCUT2D eigenvalue weighted by atomic mass is 10.0. The van der Waals surface area contributed by atoms with Gasteiger partial charge in [0, 0.05) is 18.8 Å². The van der Waals surface area contributed by atoms with E-state index < -0.39 is 10.0 Å². The number of hydrogen-bond donors (Lipinski definition) is 2. The van der Waals surface area contributed by atoms with Crippen LogP contribution in [0.3, 0.4) is 0 Å². The molecule has 0 aromatic heterocycles. The molecule has 0 fully saturated rings. The summed E-state index contributed by atoms with van der Waals surface area (Å²) < 4.78 is 26.2. The third kappa shape index (κ3) is 4.11. The molecule has 4 rings (SSSR count). The van der Waals surface area contributed by atoms with Crippen LogP contribution >= 0.6 is 0 Å². The molecule has 3 aromatic rings. The van der Waals surface area contributed by atoms with Gasteiger partial charge < -0.3 is 10.6 Å². The van der Waals surface area contributed by atoms with Crippen molar-refractivity contribution in [2.45, 2.75) is 26.3 Å². The smallest absolute Gasteiger partial charge is 0.319 e. The maximum absolute atomic E-state index is 12.4. The molecule has 1 aliphatic heterocycles. The first-order chi connectivity index (χ1) is 14.5. The van der Waals surface area contributed by atoms with Crippen molar-refractivity contribution in [1.82, 2.24) is 5.32 Å². The Morgan fingerprint density at radius 3 is 2.70 bits per heavy atom. The molecule has 6 nitrogen and oxygen atoms in total. The Labute approximate surface area is 177 Å². The normalized spacial score (nSPS) is 13.7. The van der Waals surface area contributed by atoms with Crippen molar-refractivity contribution >= 4 is 38.2 Å². The van der Waals surface area contributed by atoms with Crippen LogP contribution in [-0.4, -0.2) is 26.7 Å². The number of hydrogen-bond acceptors (Lipinski definition) is 3. The molecule has 0 unspecified atom stereocenters. The first-order valence-corrected chi connectivity index (χ1v) is 11.7. The van der Waals surface area contributed by atoms with Crippen molar-refractivity contribution in [3.8, 4) is 0 Å². The van der Waals surface area contributed by atoms with Gasteiger partial charge in [-0.1, -0.05) is 42.5 Å². The second-order valence-electron chi connectivity index (χ2n) is 7.37. The molecule has 0 aliphatic carbocycles. The summed E-state index contributed by atoms with van der Waals surface area (Å²) in [6.45, 7) is 2.57. The molecule has 0 radical (unpaired) electrons. The van der Waals surface area contributed by atoms with Crippen LogP contribution in [0.25, 0.3) is 10.8 Å². The summed E-state index contributed by atoms with van der Waals surface area (Å²) in [7, 11) is -3.29. The Kier molecular flexibility index (Phi) is 5.63. The summed E-state index contributed by atoms with van der Waals surface area (Å²) in [6, 6.07) is 19.2. The Morgan fingerprint density at radius 1 is 1.07 bits per heavy atom. The minimum Gasteiger partial charge on any atom is -0.334 e. The fraction of sp³-hybridized carbons (Fsp3) is 0.261. The van der Waals surface area contributed by atoms with Crippen LogP contribution < -0.4 is 14.9 Å². The number of anilines is 2. The van der Waals surface area contributed by atoms with Crippen molar-refractivity contribution in [3.63, 3.8) is 0 Å². The summed E-state index contributed by atoms with van der Waals surface area (Å²) in [5, 5.41) is 8.02. The van der Waals surface area contributed by atoms with E-state index in [0.29, 0.717) is 24.5 Å². The van der Waals surface area contributed by atoms with Crippen LogP contribution in [0.4, 0.5) is 16.2 Å². The predicted molar refractivity (Wildman–Crippen MR) is 121 cm³/mol. The van der Waals surface area contributed by atoms with Gasteiger partial charge in [0.15, 0.2) is 0 Å². The molecule has 0 atom stereocenters. The Bertz CT molecular complexity index is 1190. The van der Waals surface area contributed by atoms with Gasteiger partial charge in [0.2, 0.25) is 10.0 Å². The van der Waals surface area contributed by atoms with E-state index in [1.165, 1.54) is 4.31 Å². The number of aryl methyl sites for hydroxylation is 1. The van der Waals surface area contributed by atoms with Crippen LogP contribution in [-0.2, 0) is 23.0 Å². The third-order valence-electron chi connectivity index (χ3n) is 5.43. The number of carbonyl (C=O) groups excluding carboxylic acids is 1. The molecule has 1 aliphatic rings. The van der Waals surface area contributed by atoms with Crippen LogP contribution in [0.2, 0.25) is 0 Å². The lowest BCUT2D eigenvalue weighted by Crippen LogP contribution is -2.36. The largest absolute Gasteiger partial charge is 0.334 e. The number of benzene rings is 3. The molecule has 156 valence electrons. The monoisotopic (exact) mass is 423 g/mol. The topological polar surface area (TPSA) is 78.5 Å². The zero-order chi connectivity index (χ0) is 21.1. The van der Waals surface area contributed by atoms with Crippen LogP contribution in [0.1, 0.15) is 24.5 Å². The fourth-order valence-electron chi connectivity index (χ4n) is 3.88. The Hall–Kier alpha value is -3.06. The number of nitrogens with one attached hydrogen (secondary N) is 2. The number of urea groups is 1. The second kappa shape index (κ2) is 8.36. The van der Waals surface area contributed by atoms with Gasteiger partial charge in [0.25, 0.3) is 0 Å². The summed E-state index contributed by atoms with van der Waals surface area (Å²) in [4.78, 5) is 12.4. The van der Waals surface area contributed by atoms with Gasteiger partial charge in [-0.3, -0.25) is 4.31 Å². The molecule has 2 N–H and O–H groups in total. The minimum absolute atomic E-state index is 0.0724. The maximum atomic E-state index is 12.4. The van der Waals surface area contributed by atoms with Gasteiger partial charge >= 0.3 is 6.03 Å². The van der Waals surface area contributed by atoms with E-state index in [2.05, 4.69) is 10.6 Å². The van der Waals surface area contributed by atoms with Crippen molar-refractivity contribution < 1.29 is 13.2 Å². The highest BCUT2D eigenvalue weighted by Gasteiger charge is 2.26. The van der Waals surface area contributed by atoms with Crippen LogP contribution in [0.15, 0.2) is 60.7 Å². The quantitative estimate of drug-likeness (QED) is 0.643. The minimum atomic E-state index is -3.29. The summed E-state index contributed by atoms with van der Waals surface area (Å²) in [5.74, 6) is 0.0724. The van der Waals surface area contributed by atoms with Crippen LogP contribution in [0, 0.1) is 0 Å². The molecule has 0 spiro atoms. The van der Waals surface area contributed by atoms with Crippen molar-refractivity contribution in [2.75, 3.05) is 21.9 Å². The van der Waals surface area contributed by atoms with Gasteiger partial charge in [0.1, 0.15) is 0 Å². The van der Waals surface area contributed by atoms with E-state index in [9.17, 15) is 13.2 Å². The number of nitrogens with zero attached hydrogens (tertiary/aromatic N) is 1. The van der Waals surface area contributed by atoms with E-state index >= 15 is 0 Å². The van der Waals surface area contributed by atoms with Gasteiger partial charge in [-0.15, -0.1) is 0 Å². The number of rotatable bonds is 5.